The summed E-state index contributed by atoms with van der Waals surface area (Å²) in [4.78, 5) is 60.5. The molecule has 6 rings (SSSR count). The van der Waals surface area contributed by atoms with Gasteiger partial charge in [0.1, 0.15) is 12.1 Å². The van der Waals surface area contributed by atoms with Gasteiger partial charge in [0, 0.05) is 30.1 Å². The third-order valence-electron chi connectivity index (χ3n) is 11.4. The predicted octanol–water partition coefficient (Wildman–Crippen LogP) is 7.23. The van der Waals surface area contributed by atoms with Crippen LogP contribution >= 0.6 is 11.8 Å². The second kappa shape index (κ2) is 18.8. The van der Waals surface area contributed by atoms with Gasteiger partial charge in [-0.3, -0.25) is 19.2 Å². The normalized spacial score (nSPS) is 23.3. The van der Waals surface area contributed by atoms with E-state index in [2.05, 4.69) is 22.5 Å². The Bertz CT molecular complexity index is 1690. The molecule has 0 aromatic heterocycles. The zero-order valence-corrected chi connectivity index (χ0v) is 32.2. The molecule has 3 aliphatic rings. The lowest BCUT2D eigenvalue weighted by molar-refractivity contribution is -0.141. The summed E-state index contributed by atoms with van der Waals surface area (Å²) in [5.74, 6) is -0.352. The van der Waals surface area contributed by atoms with Crippen LogP contribution in [-0.4, -0.2) is 64.3 Å². The van der Waals surface area contributed by atoms with Gasteiger partial charge in [-0.15, -0.1) is 11.8 Å². The van der Waals surface area contributed by atoms with Gasteiger partial charge in [0.05, 0.1) is 5.37 Å². The van der Waals surface area contributed by atoms with Gasteiger partial charge >= 0.3 is 0 Å². The van der Waals surface area contributed by atoms with Crippen LogP contribution in [0, 0.1) is 18.8 Å². The molecule has 3 aromatic carbocycles. The molecular weight excluding hydrogens is 681 g/mol. The lowest BCUT2D eigenvalue weighted by Gasteiger charge is -2.41. The molecule has 3 aromatic rings. The number of hydrogen-bond donors (Lipinski definition) is 2. The monoisotopic (exact) mass is 736 g/mol. The number of nitrogens with one attached hydrogen (secondary N) is 2. The summed E-state index contributed by atoms with van der Waals surface area (Å²) in [7, 11) is 0. The Labute approximate surface area is 319 Å². The topological polar surface area (TPSA) is 98.8 Å². The summed E-state index contributed by atoms with van der Waals surface area (Å²) in [6, 6.07) is 26.9. The van der Waals surface area contributed by atoms with Crippen molar-refractivity contribution in [3.8, 4) is 0 Å². The van der Waals surface area contributed by atoms with Crippen LogP contribution in [0.4, 0.5) is 5.69 Å². The summed E-state index contributed by atoms with van der Waals surface area (Å²) in [5, 5.41) is 6.59. The predicted molar refractivity (Wildman–Crippen MR) is 213 cm³/mol. The van der Waals surface area contributed by atoms with Gasteiger partial charge in [0.2, 0.25) is 23.6 Å². The smallest absolute Gasteiger partial charge is 0.249 e. The van der Waals surface area contributed by atoms with Crippen molar-refractivity contribution in [1.29, 1.82) is 0 Å². The fraction of sp³-hybridized carbons (Fsp3) is 0.500. The number of thioether (sulfide) groups is 1. The molecule has 53 heavy (non-hydrogen) atoms. The van der Waals surface area contributed by atoms with Crippen molar-refractivity contribution in [2.45, 2.75) is 114 Å². The first-order valence-electron chi connectivity index (χ1n) is 19.8. The maximum Gasteiger partial charge on any atom is 0.249 e. The van der Waals surface area contributed by atoms with E-state index in [0.717, 1.165) is 66.7 Å². The molecule has 3 saturated heterocycles. The van der Waals surface area contributed by atoms with Crippen molar-refractivity contribution in [3.05, 3.63) is 102 Å². The molecule has 0 bridgehead atoms. The first-order valence-corrected chi connectivity index (χ1v) is 20.9. The number of nitrogens with zero attached hydrogens (tertiary/aromatic N) is 2. The number of hydrogen-bond acceptors (Lipinski definition) is 5. The first kappa shape index (κ1) is 38.6. The average Bonchev–Trinajstić information content (AvgIpc) is 3.46. The van der Waals surface area contributed by atoms with E-state index in [1.807, 2.05) is 109 Å². The largest absolute Gasteiger partial charge is 0.344 e. The van der Waals surface area contributed by atoms with Gasteiger partial charge in [-0.05, 0) is 112 Å². The minimum atomic E-state index is -0.615. The molecule has 6 unspecified atom stereocenters. The van der Waals surface area contributed by atoms with Gasteiger partial charge in [-0.2, -0.15) is 0 Å². The van der Waals surface area contributed by atoms with E-state index < -0.39 is 23.9 Å². The van der Waals surface area contributed by atoms with Gasteiger partial charge < -0.3 is 20.4 Å². The van der Waals surface area contributed by atoms with Crippen LogP contribution in [0.15, 0.2) is 84.9 Å². The van der Waals surface area contributed by atoms with Crippen molar-refractivity contribution < 1.29 is 19.2 Å². The van der Waals surface area contributed by atoms with E-state index in [1.54, 1.807) is 0 Å². The van der Waals surface area contributed by atoms with Gasteiger partial charge in [-0.25, -0.2) is 0 Å². The molecule has 6 atom stereocenters. The third kappa shape index (κ3) is 9.91. The van der Waals surface area contributed by atoms with Crippen LogP contribution in [-0.2, 0) is 32.0 Å². The standard InChI is InChI=1S/C44H56N4O4S/c1-3-36-20-14-23-40-48(36)44(52)38(26-28-53-40)46-42(50)35(30-33-18-8-5-9-19-33)25-24-34(29-32-16-6-4-7-17-32)41(49)45-37-21-12-13-27-47(43(37)51)39-22-11-10-15-31(39)2/h4-11,15-19,22,34-38,40H,3,12-14,20-21,23-30H2,1-2H3,(H,45,49)(H,46,50). The molecule has 9 heteroatoms. The highest BCUT2D eigenvalue weighted by atomic mass is 32.2. The number of carbonyl (C=O) groups excluding carboxylic acids is 4. The molecular formula is C44H56N4O4S. The van der Waals surface area contributed by atoms with Crippen molar-refractivity contribution in [1.82, 2.24) is 15.5 Å². The Hall–Kier alpha value is -4.11. The van der Waals surface area contributed by atoms with Crippen LogP contribution in [0.3, 0.4) is 0 Å². The highest BCUT2D eigenvalue weighted by Gasteiger charge is 2.40. The summed E-state index contributed by atoms with van der Waals surface area (Å²) in [5.41, 5.74) is 4.00. The second-order valence-electron chi connectivity index (χ2n) is 15.1. The fourth-order valence-corrected chi connectivity index (χ4v) is 9.81. The number of anilines is 1. The number of benzene rings is 3. The zero-order chi connectivity index (χ0) is 37.2. The molecule has 0 radical (unpaired) electrons. The Kier molecular flexibility index (Phi) is 13.7. The summed E-state index contributed by atoms with van der Waals surface area (Å²) < 4.78 is 0. The van der Waals surface area contributed by atoms with Crippen LogP contribution < -0.4 is 15.5 Å². The number of amides is 4. The van der Waals surface area contributed by atoms with E-state index >= 15 is 0 Å². The molecule has 282 valence electrons. The van der Waals surface area contributed by atoms with Gasteiger partial charge in [0.15, 0.2) is 0 Å². The van der Waals surface area contributed by atoms with Crippen molar-refractivity contribution in [2.75, 3.05) is 17.2 Å². The van der Waals surface area contributed by atoms with Gasteiger partial charge in [0.25, 0.3) is 0 Å². The van der Waals surface area contributed by atoms with Crippen molar-refractivity contribution >= 4 is 41.1 Å². The molecule has 4 amide bonds. The minimum absolute atomic E-state index is 0.0486. The van der Waals surface area contributed by atoms with Crippen molar-refractivity contribution in [3.63, 3.8) is 0 Å². The summed E-state index contributed by atoms with van der Waals surface area (Å²) in [6.45, 7) is 4.78. The van der Waals surface area contributed by atoms with Crippen LogP contribution in [0.25, 0.3) is 0 Å². The Balaban J connectivity index is 1.19. The van der Waals surface area contributed by atoms with E-state index in [1.165, 1.54) is 0 Å². The Morgan fingerprint density at radius 2 is 1.30 bits per heavy atom. The lowest BCUT2D eigenvalue weighted by Crippen LogP contribution is -2.55. The number of aryl methyl sites for hydroxylation is 1. The molecule has 3 aliphatic heterocycles. The maximum absolute atomic E-state index is 14.3. The van der Waals surface area contributed by atoms with E-state index in [0.29, 0.717) is 45.1 Å². The highest BCUT2D eigenvalue weighted by Crippen LogP contribution is 2.35. The molecule has 3 heterocycles. The maximum atomic E-state index is 14.3. The molecule has 0 saturated carbocycles. The fourth-order valence-electron chi connectivity index (χ4n) is 8.40. The molecule has 3 fully saturated rings. The van der Waals surface area contributed by atoms with E-state index in [9.17, 15) is 19.2 Å². The average molecular weight is 737 g/mol. The van der Waals surface area contributed by atoms with Crippen LogP contribution in [0.1, 0.15) is 87.8 Å². The zero-order valence-electron chi connectivity index (χ0n) is 31.4. The lowest BCUT2D eigenvalue weighted by atomic mass is 9.86. The number of piperidine rings is 1. The quantitative estimate of drug-likeness (QED) is 0.193. The van der Waals surface area contributed by atoms with Crippen LogP contribution in [0.5, 0.6) is 0 Å². The van der Waals surface area contributed by atoms with E-state index in [4.69, 9.17) is 0 Å². The molecule has 2 N–H and O–H groups in total. The number of rotatable bonds is 13. The molecule has 8 nitrogen and oxygen atoms in total. The minimum Gasteiger partial charge on any atom is -0.344 e. The molecule has 0 aliphatic carbocycles. The van der Waals surface area contributed by atoms with E-state index in [-0.39, 0.29) is 35.0 Å². The molecule has 0 spiro atoms. The SMILES string of the molecule is CCC1CCCC2SCCC(NC(=O)C(CCC(Cc3ccccc3)C(=O)NC3CCCCN(c4ccccc4C)C3=O)Cc3ccccc3)C(=O)N12. The Morgan fingerprint density at radius 3 is 1.91 bits per heavy atom. The Morgan fingerprint density at radius 1 is 0.717 bits per heavy atom. The van der Waals surface area contributed by atoms with Gasteiger partial charge in [-0.1, -0.05) is 85.8 Å². The highest BCUT2D eigenvalue weighted by molar-refractivity contribution is 7.99. The number of fused-ring (bicyclic) bond motifs is 1. The third-order valence-corrected chi connectivity index (χ3v) is 12.7. The number of para-hydroxylation sites is 1. The number of carbonyl (C=O) groups is 4. The van der Waals surface area contributed by atoms with Crippen LogP contribution in [0.2, 0.25) is 0 Å². The summed E-state index contributed by atoms with van der Waals surface area (Å²) >= 11 is 1.85. The first-order chi connectivity index (χ1) is 25.8. The van der Waals surface area contributed by atoms with Crippen molar-refractivity contribution in [2.24, 2.45) is 11.8 Å². The summed E-state index contributed by atoms with van der Waals surface area (Å²) in [6.07, 6.45) is 8.94. The second-order valence-corrected chi connectivity index (χ2v) is 16.4.